The molecule has 0 saturated heterocycles. The highest BCUT2D eigenvalue weighted by Crippen LogP contribution is 2.43. The van der Waals surface area contributed by atoms with Gasteiger partial charge in [0, 0.05) is 19.6 Å². The van der Waals surface area contributed by atoms with Gasteiger partial charge in [-0.2, -0.15) is 0 Å². The Morgan fingerprint density at radius 1 is 0.577 bits per heavy atom. The van der Waals surface area contributed by atoms with Crippen LogP contribution in [0.25, 0.3) is 0 Å². The minimum atomic E-state index is -4.28. The van der Waals surface area contributed by atoms with Crippen LogP contribution in [0.15, 0.2) is 24.3 Å². The zero-order valence-electron chi connectivity index (χ0n) is 34.1. The smallest absolute Gasteiger partial charge is 0.457 e. The van der Waals surface area contributed by atoms with Crippen molar-refractivity contribution in [2.24, 2.45) is 5.73 Å². The van der Waals surface area contributed by atoms with Gasteiger partial charge in [0.2, 0.25) is 0 Å². The molecule has 0 fully saturated rings. The van der Waals surface area contributed by atoms with Gasteiger partial charge in [-0.25, -0.2) is 4.57 Å². The third kappa shape index (κ3) is 40.2. The standard InChI is InChI=1S/C43H84NO7P/c1-3-5-7-9-11-13-15-17-19-21-23-25-27-29-31-33-35-38-48-40-42(41-50-52(46,47)49-39-37-44)51-43(45)36-34-32-30-28-26-24-22-20-18-16-14-12-10-8-6-4-2/h14,16,20,22,42H,3-13,15,17-19,21,23-41,44H2,1-2H3,(H,46,47)/b16-14-,22-20-. The Kier molecular flexibility index (Phi) is 40.3. The molecule has 0 radical (unpaired) electrons. The number of ether oxygens (including phenoxy) is 2. The third-order valence-corrected chi connectivity index (χ3v) is 10.4. The number of phosphoric ester groups is 1. The molecule has 0 aliphatic carbocycles. The Hall–Kier alpha value is -1.02. The summed E-state index contributed by atoms with van der Waals surface area (Å²) in [7, 11) is -4.28. The van der Waals surface area contributed by atoms with Crippen LogP contribution in [0.3, 0.4) is 0 Å². The van der Waals surface area contributed by atoms with Crippen LogP contribution in [-0.2, 0) is 27.9 Å². The van der Waals surface area contributed by atoms with Gasteiger partial charge in [-0.05, 0) is 44.9 Å². The number of esters is 1. The van der Waals surface area contributed by atoms with Gasteiger partial charge in [-0.1, -0.05) is 179 Å². The lowest BCUT2D eigenvalue weighted by molar-refractivity contribution is -0.154. The number of hydrogen-bond donors (Lipinski definition) is 2. The van der Waals surface area contributed by atoms with Crippen molar-refractivity contribution in [3.8, 4) is 0 Å². The summed E-state index contributed by atoms with van der Waals surface area (Å²) >= 11 is 0. The predicted molar refractivity (Wildman–Crippen MR) is 220 cm³/mol. The number of unbranched alkanes of at least 4 members (excludes halogenated alkanes) is 25. The molecule has 2 unspecified atom stereocenters. The maximum Gasteiger partial charge on any atom is 0.472 e. The molecular formula is C43H84NO7P. The van der Waals surface area contributed by atoms with Gasteiger partial charge in [0.05, 0.1) is 19.8 Å². The van der Waals surface area contributed by atoms with Gasteiger partial charge < -0.3 is 20.1 Å². The van der Waals surface area contributed by atoms with E-state index in [2.05, 4.69) is 38.2 Å². The van der Waals surface area contributed by atoms with E-state index in [0.29, 0.717) is 13.0 Å². The lowest BCUT2D eigenvalue weighted by Crippen LogP contribution is -2.28. The lowest BCUT2D eigenvalue weighted by atomic mass is 10.0. The predicted octanol–water partition coefficient (Wildman–Crippen LogP) is 12.9. The Morgan fingerprint density at radius 2 is 1.02 bits per heavy atom. The van der Waals surface area contributed by atoms with E-state index in [1.165, 1.54) is 128 Å². The molecule has 3 N–H and O–H groups in total. The Morgan fingerprint density at radius 3 is 1.52 bits per heavy atom. The van der Waals surface area contributed by atoms with Crippen LogP contribution >= 0.6 is 7.82 Å². The Balaban J connectivity index is 4.03. The van der Waals surface area contributed by atoms with Crippen LogP contribution in [0.4, 0.5) is 0 Å². The molecule has 0 aliphatic rings. The molecule has 0 aromatic heterocycles. The highest BCUT2D eigenvalue weighted by Gasteiger charge is 2.25. The number of rotatable bonds is 42. The van der Waals surface area contributed by atoms with Crippen LogP contribution < -0.4 is 5.73 Å². The molecule has 0 spiro atoms. The summed E-state index contributed by atoms with van der Waals surface area (Å²) in [6.45, 7) is 4.92. The van der Waals surface area contributed by atoms with E-state index in [1.807, 2.05) is 0 Å². The summed E-state index contributed by atoms with van der Waals surface area (Å²) < 4.78 is 33.4. The molecule has 8 nitrogen and oxygen atoms in total. The van der Waals surface area contributed by atoms with Crippen molar-refractivity contribution >= 4 is 13.8 Å². The van der Waals surface area contributed by atoms with Crippen LogP contribution in [0.2, 0.25) is 0 Å². The first-order valence-corrected chi connectivity index (χ1v) is 23.3. The van der Waals surface area contributed by atoms with Gasteiger partial charge in [-0.15, -0.1) is 0 Å². The second-order valence-electron chi connectivity index (χ2n) is 14.6. The van der Waals surface area contributed by atoms with Crippen LogP contribution in [0.5, 0.6) is 0 Å². The fourth-order valence-electron chi connectivity index (χ4n) is 6.14. The summed E-state index contributed by atoms with van der Waals surface area (Å²) in [6, 6.07) is 0. The van der Waals surface area contributed by atoms with E-state index in [1.54, 1.807) is 0 Å². The summed E-state index contributed by atoms with van der Waals surface area (Å²) in [6.07, 6.45) is 44.8. The molecular weight excluding hydrogens is 673 g/mol. The number of phosphoric acid groups is 1. The van der Waals surface area contributed by atoms with Gasteiger partial charge in [-0.3, -0.25) is 13.8 Å². The van der Waals surface area contributed by atoms with Crippen molar-refractivity contribution in [3.63, 3.8) is 0 Å². The average molecular weight is 758 g/mol. The zero-order chi connectivity index (χ0) is 38.1. The second-order valence-corrected chi connectivity index (χ2v) is 16.0. The molecule has 0 aliphatic heterocycles. The topological polar surface area (TPSA) is 117 Å². The maximum absolute atomic E-state index is 12.6. The SMILES string of the molecule is CCCCCC/C=C\C/C=C\CCCCCCCC(=O)OC(COCCCCCCCCCCCCCCCCCCC)COP(=O)(O)OCCN. The van der Waals surface area contributed by atoms with Crippen LogP contribution in [-0.4, -0.2) is 49.9 Å². The normalized spacial score (nSPS) is 13.7. The fourth-order valence-corrected chi connectivity index (χ4v) is 6.91. The van der Waals surface area contributed by atoms with Crippen molar-refractivity contribution in [1.82, 2.24) is 0 Å². The van der Waals surface area contributed by atoms with Crippen molar-refractivity contribution in [1.29, 1.82) is 0 Å². The summed E-state index contributed by atoms with van der Waals surface area (Å²) in [5, 5.41) is 0. The highest BCUT2D eigenvalue weighted by atomic mass is 31.2. The molecule has 0 heterocycles. The number of carbonyl (C=O) groups excluding carboxylic acids is 1. The summed E-state index contributed by atoms with van der Waals surface area (Å²) in [4.78, 5) is 22.5. The van der Waals surface area contributed by atoms with Gasteiger partial charge in [0.25, 0.3) is 0 Å². The Labute approximate surface area is 321 Å². The molecule has 308 valence electrons. The monoisotopic (exact) mass is 758 g/mol. The van der Waals surface area contributed by atoms with Gasteiger partial charge >= 0.3 is 13.8 Å². The average Bonchev–Trinajstić information content (AvgIpc) is 3.13. The first kappa shape index (κ1) is 51.0. The maximum atomic E-state index is 12.6. The van der Waals surface area contributed by atoms with E-state index in [4.69, 9.17) is 24.3 Å². The van der Waals surface area contributed by atoms with E-state index in [-0.39, 0.29) is 32.3 Å². The van der Waals surface area contributed by atoms with E-state index < -0.39 is 13.9 Å². The minimum absolute atomic E-state index is 0.0963. The number of hydrogen-bond acceptors (Lipinski definition) is 7. The number of carbonyl (C=O) groups is 1. The quantitative estimate of drug-likeness (QED) is 0.0273. The largest absolute Gasteiger partial charge is 0.472 e. The molecule has 0 amide bonds. The molecule has 0 rings (SSSR count). The van der Waals surface area contributed by atoms with E-state index >= 15 is 0 Å². The molecule has 0 saturated carbocycles. The molecule has 0 aromatic carbocycles. The number of allylic oxidation sites excluding steroid dienone is 4. The van der Waals surface area contributed by atoms with E-state index in [9.17, 15) is 14.3 Å². The van der Waals surface area contributed by atoms with Crippen molar-refractivity contribution in [3.05, 3.63) is 24.3 Å². The molecule has 0 bridgehead atoms. The third-order valence-electron chi connectivity index (χ3n) is 9.37. The highest BCUT2D eigenvalue weighted by molar-refractivity contribution is 7.47. The minimum Gasteiger partial charge on any atom is -0.457 e. The van der Waals surface area contributed by atoms with Crippen molar-refractivity contribution < 1.29 is 32.8 Å². The summed E-state index contributed by atoms with van der Waals surface area (Å²) in [5.74, 6) is -0.341. The second kappa shape index (κ2) is 41.1. The van der Waals surface area contributed by atoms with Crippen LogP contribution in [0.1, 0.15) is 206 Å². The summed E-state index contributed by atoms with van der Waals surface area (Å²) in [5.41, 5.74) is 5.37. The first-order chi connectivity index (χ1) is 25.4. The fraction of sp³-hybridized carbons (Fsp3) is 0.884. The molecule has 2 atom stereocenters. The van der Waals surface area contributed by atoms with Crippen LogP contribution in [0, 0.1) is 0 Å². The van der Waals surface area contributed by atoms with Gasteiger partial charge in [0.1, 0.15) is 6.10 Å². The lowest BCUT2D eigenvalue weighted by Gasteiger charge is -2.20. The molecule has 52 heavy (non-hydrogen) atoms. The van der Waals surface area contributed by atoms with Crippen molar-refractivity contribution in [2.45, 2.75) is 213 Å². The molecule has 0 aromatic rings. The zero-order valence-corrected chi connectivity index (χ0v) is 35.0. The number of nitrogens with two attached hydrogens (primary N) is 1. The van der Waals surface area contributed by atoms with Gasteiger partial charge in [0.15, 0.2) is 0 Å². The van der Waals surface area contributed by atoms with E-state index in [0.717, 1.165) is 57.8 Å². The molecule has 9 heteroatoms. The first-order valence-electron chi connectivity index (χ1n) is 21.8. The Bertz CT molecular complexity index is 853. The van der Waals surface area contributed by atoms with Crippen molar-refractivity contribution in [2.75, 3.05) is 33.0 Å².